The fraction of sp³-hybridized carbons (Fsp3) is 0.500. The van der Waals surface area contributed by atoms with Crippen LogP contribution in [-0.4, -0.2) is 49.3 Å². The highest BCUT2D eigenvalue weighted by atomic mass is 16.5. The summed E-state index contributed by atoms with van der Waals surface area (Å²) in [6.45, 7) is 2.04. The van der Waals surface area contributed by atoms with Crippen LogP contribution in [0.3, 0.4) is 0 Å². The highest BCUT2D eigenvalue weighted by molar-refractivity contribution is 5.86. The molecule has 5 heteroatoms. The molecule has 0 saturated carbocycles. The van der Waals surface area contributed by atoms with E-state index in [1.165, 1.54) is 12.0 Å². The van der Waals surface area contributed by atoms with E-state index < -0.39 is 11.6 Å². The predicted molar refractivity (Wildman–Crippen MR) is 73.5 cm³/mol. The Morgan fingerprint density at radius 3 is 2.58 bits per heavy atom. The molecule has 5 nitrogen and oxygen atoms in total. The number of ether oxygens (including phenoxy) is 1. The first kappa shape index (κ1) is 15.6. The van der Waals surface area contributed by atoms with Crippen molar-refractivity contribution in [3.05, 3.63) is 35.9 Å². The van der Waals surface area contributed by atoms with Crippen molar-refractivity contribution in [2.75, 3.05) is 27.3 Å². The van der Waals surface area contributed by atoms with Crippen LogP contribution in [0.5, 0.6) is 0 Å². The van der Waals surface area contributed by atoms with Crippen LogP contribution in [0, 0.1) is 0 Å². The fourth-order valence-corrected chi connectivity index (χ4v) is 1.95. The molecule has 0 fully saturated rings. The number of nitrogens with two attached hydrogens (primary N) is 1. The average Bonchev–Trinajstić information content (AvgIpc) is 2.39. The van der Waals surface area contributed by atoms with E-state index in [9.17, 15) is 9.90 Å². The molecule has 0 bridgehead atoms. The third-order valence-electron chi connectivity index (χ3n) is 3.01. The topological polar surface area (TPSA) is 75.8 Å². The Morgan fingerprint density at radius 2 is 2.05 bits per heavy atom. The van der Waals surface area contributed by atoms with E-state index in [2.05, 4.69) is 0 Å². The standard InChI is InChI=1S/C14H22N2O3/c1-14(15,11-7-5-4-6-8-11)13(18)16(2)9-12(17)10-19-3/h4-8,12,17H,9-10,15H2,1-3H3. The average molecular weight is 266 g/mol. The first-order valence-electron chi connectivity index (χ1n) is 6.16. The zero-order valence-electron chi connectivity index (χ0n) is 11.7. The van der Waals surface area contributed by atoms with Crippen LogP contribution < -0.4 is 5.73 Å². The first-order chi connectivity index (χ1) is 8.89. The second kappa shape index (κ2) is 6.65. The number of nitrogens with zero attached hydrogens (tertiary/aromatic N) is 1. The Morgan fingerprint density at radius 1 is 1.47 bits per heavy atom. The van der Waals surface area contributed by atoms with Gasteiger partial charge in [0, 0.05) is 20.7 Å². The van der Waals surface area contributed by atoms with Crippen molar-refractivity contribution in [2.45, 2.75) is 18.6 Å². The molecule has 0 aliphatic rings. The van der Waals surface area contributed by atoms with Gasteiger partial charge in [-0.2, -0.15) is 0 Å². The van der Waals surface area contributed by atoms with Crippen LogP contribution in [0.15, 0.2) is 30.3 Å². The summed E-state index contributed by atoms with van der Waals surface area (Å²) in [7, 11) is 3.12. The van der Waals surface area contributed by atoms with E-state index >= 15 is 0 Å². The van der Waals surface area contributed by atoms with Crippen LogP contribution in [0.4, 0.5) is 0 Å². The SMILES string of the molecule is COCC(O)CN(C)C(=O)C(C)(N)c1ccccc1. The van der Waals surface area contributed by atoms with Gasteiger partial charge in [-0.05, 0) is 12.5 Å². The minimum Gasteiger partial charge on any atom is -0.389 e. The molecule has 19 heavy (non-hydrogen) atoms. The van der Waals surface area contributed by atoms with Crippen molar-refractivity contribution in [1.29, 1.82) is 0 Å². The van der Waals surface area contributed by atoms with Gasteiger partial charge in [0.25, 0.3) is 0 Å². The molecule has 0 saturated heterocycles. The van der Waals surface area contributed by atoms with Crippen molar-refractivity contribution >= 4 is 5.91 Å². The zero-order valence-corrected chi connectivity index (χ0v) is 11.7. The van der Waals surface area contributed by atoms with Gasteiger partial charge in [-0.3, -0.25) is 4.79 Å². The Bertz CT molecular complexity index is 406. The molecule has 2 atom stereocenters. The number of likely N-dealkylation sites (N-methyl/N-ethyl adjacent to an activating group) is 1. The van der Waals surface area contributed by atoms with Gasteiger partial charge in [-0.1, -0.05) is 30.3 Å². The van der Waals surface area contributed by atoms with Crippen LogP contribution in [0.1, 0.15) is 12.5 Å². The van der Waals surface area contributed by atoms with Gasteiger partial charge in [0.1, 0.15) is 5.54 Å². The maximum Gasteiger partial charge on any atom is 0.246 e. The summed E-state index contributed by atoms with van der Waals surface area (Å²) in [5.41, 5.74) is 5.76. The van der Waals surface area contributed by atoms with Crippen LogP contribution in [0.2, 0.25) is 0 Å². The number of aliphatic hydroxyl groups excluding tert-OH is 1. The van der Waals surface area contributed by atoms with E-state index in [4.69, 9.17) is 10.5 Å². The molecule has 1 aromatic rings. The maximum atomic E-state index is 12.4. The fourth-order valence-electron chi connectivity index (χ4n) is 1.95. The van der Waals surface area contributed by atoms with Gasteiger partial charge < -0.3 is 20.5 Å². The smallest absolute Gasteiger partial charge is 0.246 e. The maximum absolute atomic E-state index is 12.4. The predicted octanol–water partition coefficient (Wildman–Crippen LogP) is 0.326. The molecule has 0 radical (unpaired) electrons. The summed E-state index contributed by atoms with van der Waals surface area (Å²) < 4.78 is 4.84. The lowest BCUT2D eigenvalue weighted by Gasteiger charge is -2.30. The van der Waals surface area contributed by atoms with E-state index in [1.807, 2.05) is 30.3 Å². The van der Waals surface area contributed by atoms with Crippen molar-refractivity contribution in [2.24, 2.45) is 5.73 Å². The summed E-state index contributed by atoms with van der Waals surface area (Å²) >= 11 is 0. The monoisotopic (exact) mass is 266 g/mol. The number of aliphatic hydroxyl groups is 1. The lowest BCUT2D eigenvalue weighted by Crippen LogP contribution is -2.51. The lowest BCUT2D eigenvalue weighted by atomic mass is 9.91. The largest absolute Gasteiger partial charge is 0.389 e. The van der Waals surface area contributed by atoms with E-state index in [0.29, 0.717) is 0 Å². The number of rotatable bonds is 6. The Balaban J connectivity index is 2.75. The quantitative estimate of drug-likeness (QED) is 0.778. The van der Waals surface area contributed by atoms with Gasteiger partial charge in [0.15, 0.2) is 0 Å². The minimum absolute atomic E-state index is 0.185. The van der Waals surface area contributed by atoms with E-state index in [1.54, 1.807) is 14.0 Å². The number of methoxy groups -OCH3 is 1. The molecule has 0 aliphatic carbocycles. The Labute approximate surface area is 114 Å². The molecule has 0 aliphatic heterocycles. The molecule has 0 heterocycles. The highest BCUT2D eigenvalue weighted by Crippen LogP contribution is 2.19. The molecule has 1 aromatic carbocycles. The number of hydrogen-bond acceptors (Lipinski definition) is 4. The zero-order chi connectivity index (χ0) is 14.5. The molecule has 3 N–H and O–H groups in total. The molecule has 0 spiro atoms. The number of hydrogen-bond donors (Lipinski definition) is 2. The summed E-state index contributed by atoms with van der Waals surface area (Å²) in [5.74, 6) is -0.242. The minimum atomic E-state index is -1.11. The third-order valence-corrected chi connectivity index (χ3v) is 3.01. The van der Waals surface area contributed by atoms with Gasteiger partial charge in [-0.25, -0.2) is 0 Å². The molecule has 0 aromatic heterocycles. The number of benzene rings is 1. The molecule has 2 unspecified atom stereocenters. The second-order valence-corrected chi connectivity index (χ2v) is 4.86. The van der Waals surface area contributed by atoms with Crippen molar-refractivity contribution in [3.8, 4) is 0 Å². The van der Waals surface area contributed by atoms with Crippen LogP contribution in [-0.2, 0) is 15.1 Å². The van der Waals surface area contributed by atoms with Gasteiger partial charge in [0.05, 0.1) is 12.7 Å². The van der Waals surface area contributed by atoms with Crippen molar-refractivity contribution in [3.63, 3.8) is 0 Å². The van der Waals surface area contributed by atoms with Gasteiger partial charge >= 0.3 is 0 Å². The number of amides is 1. The molecular formula is C14H22N2O3. The highest BCUT2D eigenvalue weighted by Gasteiger charge is 2.33. The van der Waals surface area contributed by atoms with Crippen molar-refractivity contribution in [1.82, 2.24) is 4.90 Å². The second-order valence-electron chi connectivity index (χ2n) is 4.86. The summed E-state index contributed by atoms with van der Waals surface area (Å²) in [4.78, 5) is 13.8. The van der Waals surface area contributed by atoms with E-state index in [0.717, 1.165) is 5.56 Å². The summed E-state index contributed by atoms with van der Waals surface area (Å²) in [5, 5.41) is 9.65. The Kier molecular flexibility index (Phi) is 5.47. The molecule has 1 rings (SSSR count). The molecule has 106 valence electrons. The third kappa shape index (κ3) is 4.02. The lowest BCUT2D eigenvalue weighted by molar-refractivity contribution is -0.137. The van der Waals surface area contributed by atoms with Crippen LogP contribution in [0.25, 0.3) is 0 Å². The van der Waals surface area contributed by atoms with Crippen LogP contribution >= 0.6 is 0 Å². The normalized spacial score (nSPS) is 15.6. The summed E-state index contributed by atoms with van der Waals surface area (Å²) in [6.07, 6.45) is -0.717. The number of carbonyl (C=O) groups excluding carboxylic acids is 1. The summed E-state index contributed by atoms with van der Waals surface area (Å²) in [6, 6.07) is 9.19. The van der Waals surface area contributed by atoms with Gasteiger partial charge in [-0.15, -0.1) is 0 Å². The van der Waals surface area contributed by atoms with E-state index in [-0.39, 0.29) is 19.1 Å². The Hall–Kier alpha value is -1.43. The van der Waals surface area contributed by atoms with Crippen molar-refractivity contribution < 1.29 is 14.6 Å². The van der Waals surface area contributed by atoms with Gasteiger partial charge in [0.2, 0.25) is 5.91 Å². The first-order valence-corrected chi connectivity index (χ1v) is 6.16. The molecule has 1 amide bonds. The molecular weight excluding hydrogens is 244 g/mol. The number of carbonyl (C=O) groups is 1.